The van der Waals surface area contributed by atoms with E-state index in [1.165, 1.54) is 0 Å². The molecule has 35 heavy (non-hydrogen) atoms. The van der Waals surface area contributed by atoms with Crippen LogP contribution in [0.1, 0.15) is 38.0 Å². The predicted octanol–water partition coefficient (Wildman–Crippen LogP) is 5.13. The molecule has 0 fully saturated rings. The van der Waals surface area contributed by atoms with Crippen LogP contribution in [0, 0.1) is 5.92 Å². The largest absolute Gasteiger partial charge is 0.492 e. The van der Waals surface area contributed by atoms with E-state index in [1.807, 2.05) is 12.1 Å². The molecule has 8 heteroatoms. The van der Waals surface area contributed by atoms with Crippen molar-refractivity contribution >= 4 is 5.97 Å². The summed E-state index contributed by atoms with van der Waals surface area (Å²) in [7, 11) is 3.16. The summed E-state index contributed by atoms with van der Waals surface area (Å²) in [5, 5.41) is 0. The first-order valence-corrected chi connectivity index (χ1v) is 11.4. The minimum absolute atomic E-state index is 0.0351. The van der Waals surface area contributed by atoms with Gasteiger partial charge in [0.25, 0.3) is 0 Å². The van der Waals surface area contributed by atoms with Gasteiger partial charge in [-0.3, -0.25) is 0 Å². The molecule has 2 aromatic carbocycles. The zero-order valence-corrected chi connectivity index (χ0v) is 20.5. The molecule has 2 atom stereocenters. The first-order valence-electron chi connectivity index (χ1n) is 11.4. The Kier molecular flexibility index (Phi) is 5.75. The van der Waals surface area contributed by atoms with Crippen LogP contribution in [0.4, 0.5) is 0 Å². The van der Waals surface area contributed by atoms with E-state index in [4.69, 9.17) is 33.2 Å². The monoisotopic (exact) mass is 480 g/mol. The van der Waals surface area contributed by atoms with Crippen molar-refractivity contribution in [2.75, 3.05) is 27.8 Å². The molecule has 5 rings (SSSR count). The van der Waals surface area contributed by atoms with Gasteiger partial charge in [0.2, 0.25) is 25.1 Å². The van der Waals surface area contributed by atoms with E-state index in [0.717, 1.165) is 16.7 Å². The molecule has 1 aliphatic carbocycles. The van der Waals surface area contributed by atoms with Crippen LogP contribution in [0.2, 0.25) is 0 Å². The van der Waals surface area contributed by atoms with Crippen molar-refractivity contribution in [1.29, 1.82) is 0 Å². The molecule has 2 aromatic rings. The van der Waals surface area contributed by atoms with E-state index in [2.05, 4.69) is 13.5 Å². The Labute approximate surface area is 204 Å². The van der Waals surface area contributed by atoms with Crippen LogP contribution >= 0.6 is 0 Å². The predicted molar refractivity (Wildman–Crippen MR) is 128 cm³/mol. The van der Waals surface area contributed by atoms with Crippen molar-refractivity contribution in [2.24, 2.45) is 5.92 Å². The molecule has 2 unspecified atom stereocenters. The van der Waals surface area contributed by atoms with E-state index in [1.54, 1.807) is 34.1 Å². The highest BCUT2D eigenvalue weighted by molar-refractivity contribution is 5.91. The second kappa shape index (κ2) is 8.76. The van der Waals surface area contributed by atoms with Crippen LogP contribution in [0.3, 0.4) is 0 Å². The fourth-order valence-electron chi connectivity index (χ4n) is 4.76. The van der Waals surface area contributed by atoms with Gasteiger partial charge in [0.1, 0.15) is 6.10 Å². The number of esters is 1. The van der Waals surface area contributed by atoms with E-state index in [9.17, 15) is 4.79 Å². The summed E-state index contributed by atoms with van der Waals surface area (Å²) in [6, 6.07) is 3.80. The maximum absolute atomic E-state index is 12.9. The summed E-state index contributed by atoms with van der Waals surface area (Å²) >= 11 is 0. The number of hydrogen-bond donors (Lipinski definition) is 0. The van der Waals surface area contributed by atoms with Gasteiger partial charge in [-0.05, 0) is 49.5 Å². The molecule has 0 saturated heterocycles. The smallest absolute Gasteiger partial charge is 0.334 e. The highest BCUT2D eigenvalue weighted by Gasteiger charge is 2.39. The Morgan fingerprint density at radius 1 is 1.00 bits per heavy atom. The average molecular weight is 481 g/mol. The molecule has 0 bridgehead atoms. The Balaban J connectivity index is 1.86. The maximum Gasteiger partial charge on any atom is 0.334 e. The highest BCUT2D eigenvalue weighted by atomic mass is 16.7. The molecular formula is C27H28O8. The van der Waals surface area contributed by atoms with Crippen LogP contribution < -0.4 is 28.4 Å². The van der Waals surface area contributed by atoms with Gasteiger partial charge in [-0.25, -0.2) is 4.79 Å². The van der Waals surface area contributed by atoms with Gasteiger partial charge in [0, 0.05) is 22.3 Å². The third-order valence-corrected chi connectivity index (χ3v) is 6.77. The number of hydrogen-bond acceptors (Lipinski definition) is 8. The Hall–Kier alpha value is -3.81. The molecule has 2 heterocycles. The lowest BCUT2D eigenvalue weighted by Gasteiger charge is -2.32. The minimum Gasteiger partial charge on any atom is -0.492 e. The average Bonchev–Trinajstić information content (AvgIpc) is 3.53. The molecule has 184 valence electrons. The number of carbonyl (C=O) groups excluding carboxylic acids is 1. The number of rotatable bonds is 4. The van der Waals surface area contributed by atoms with Gasteiger partial charge < -0.3 is 33.2 Å². The van der Waals surface area contributed by atoms with Crippen LogP contribution in [-0.2, 0) is 16.0 Å². The van der Waals surface area contributed by atoms with Crippen molar-refractivity contribution in [3.63, 3.8) is 0 Å². The van der Waals surface area contributed by atoms with Gasteiger partial charge in [-0.15, -0.1) is 0 Å². The number of fused-ring (bicyclic) bond motifs is 5. The van der Waals surface area contributed by atoms with Crippen LogP contribution in [0.15, 0.2) is 35.9 Å². The lowest BCUT2D eigenvalue weighted by Crippen LogP contribution is -2.21. The molecule has 0 radical (unpaired) electrons. The van der Waals surface area contributed by atoms with Crippen molar-refractivity contribution in [1.82, 2.24) is 0 Å². The molecule has 0 aromatic heterocycles. The molecule has 0 saturated carbocycles. The molecule has 0 spiro atoms. The standard InChI is InChI=1S/C27H28O8/c1-7-13(2)27(28)35-22-15(4)14(3)8-16-9-18-23(33-11-31-18)25(29-5)20(16)21-17(22)10-19-24(26(21)30-6)34-12-32-19/h7,9-10,14,22H,4,8,11-12H2,1-3,5-6H3. The van der Waals surface area contributed by atoms with Gasteiger partial charge in [0.15, 0.2) is 23.0 Å². The number of ether oxygens (including phenoxy) is 7. The summed E-state index contributed by atoms with van der Waals surface area (Å²) in [5.41, 5.74) is 4.33. The summed E-state index contributed by atoms with van der Waals surface area (Å²) in [6.07, 6.45) is 1.57. The molecule has 2 aliphatic heterocycles. The fraction of sp³-hybridized carbons (Fsp3) is 0.370. The maximum atomic E-state index is 12.9. The lowest BCUT2D eigenvalue weighted by molar-refractivity contribution is -0.143. The van der Waals surface area contributed by atoms with E-state index >= 15 is 0 Å². The second-order valence-electron chi connectivity index (χ2n) is 8.72. The lowest BCUT2D eigenvalue weighted by atomic mass is 9.78. The van der Waals surface area contributed by atoms with Gasteiger partial charge in [-0.1, -0.05) is 19.6 Å². The topological polar surface area (TPSA) is 81.7 Å². The second-order valence-corrected chi connectivity index (χ2v) is 8.72. The van der Waals surface area contributed by atoms with E-state index in [0.29, 0.717) is 57.6 Å². The number of allylic oxidation sites excluding steroid dienone is 1. The molecular weight excluding hydrogens is 452 g/mol. The normalized spacial score (nSPS) is 19.9. The Bertz CT molecular complexity index is 1260. The molecule has 3 aliphatic rings. The number of benzene rings is 2. The van der Waals surface area contributed by atoms with Gasteiger partial charge in [0.05, 0.1) is 14.2 Å². The van der Waals surface area contributed by atoms with Gasteiger partial charge in [-0.2, -0.15) is 0 Å². The summed E-state index contributed by atoms with van der Waals surface area (Å²) in [5.74, 6) is 2.63. The third kappa shape index (κ3) is 3.55. The van der Waals surface area contributed by atoms with Crippen LogP contribution in [0.25, 0.3) is 11.1 Å². The summed E-state index contributed by atoms with van der Waals surface area (Å²) in [6.45, 7) is 10.1. The Morgan fingerprint density at radius 3 is 2.20 bits per heavy atom. The molecule has 8 nitrogen and oxygen atoms in total. The third-order valence-electron chi connectivity index (χ3n) is 6.77. The first kappa shape index (κ1) is 23.0. The van der Waals surface area contributed by atoms with Crippen molar-refractivity contribution < 1.29 is 38.0 Å². The van der Waals surface area contributed by atoms with Crippen molar-refractivity contribution in [3.05, 3.63) is 47.1 Å². The van der Waals surface area contributed by atoms with Crippen molar-refractivity contribution in [3.8, 4) is 45.6 Å². The quantitative estimate of drug-likeness (QED) is 0.339. The van der Waals surface area contributed by atoms with Crippen LogP contribution in [-0.4, -0.2) is 33.8 Å². The molecule has 0 amide bonds. The first-order chi connectivity index (χ1) is 16.9. The van der Waals surface area contributed by atoms with Crippen molar-refractivity contribution in [2.45, 2.75) is 33.3 Å². The van der Waals surface area contributed by atoms with E-state index < -0.39 is 12.1 Å². The number of methoxy groups -OCH3 is 2. The minimum atomic E-state index is -0.755. The van der Waals surface area contributed by atoms with E-state index in [-0.39, 0.29) is 19.5 Å². The number of carbonyl (C=O) groups is 1. The zero-order valence-electron chi connectivity index (χ0n) is 20.5. The zero-order chi connectivity index (χ0) is 24.9. The fourth-order valence-corrected chi connectivity index (χ4v) is 4.76. The van der Waals surface area contributed by atoms with Crippen LogP contribution in [0.5, 0.6) is 34.5 Å². The Morgan fingerprint density at radius 2 is 1.60 bits per heavy atom. The van der Waals surface area contributed by atoms with Gasteiger partial charge >= 0.3 is 5.97 Å². The summed E-state index contributed by atoms with van der Waals surface area (Å²) in [4.78, 5) is 12.9. The molecule has 0 N–H and O–H groups in total. The SMILES string of the molecule is C=C1C(C)Cc2cc3c(c(OC)c2-c2c(cc4c(c2OC)OCO4)C1OC(=O)C(C)=CC)OCO3. The highest BCUT2D eigenvalue weighted by Crippen LogP contribution is 2.59. The summed E-state index contributed by atoms with van der Waals surface area (Å²) < 4.78 is 40.8.